The Morgan fingerprint density at radius 3 is 2.53 bits per heavy atom. The van der Waals surface area contributed by atoms with Crippen LogP contribution in [0, 0.1) is 13.8 Å². The van der Waals surface area contributed by atoms with Gasteiger partial charge in [0.1, 0.15) is 0 Å². The van der Waals surface area contributed by atoms with Crippen molar-refractivity contribution in [1.82, 2.24) is 4.98 Å². The van der Waals surface area contributed by atoms with E-state index < -0.39 is 5.91 Å². The van der Waals surface area contributed by atoms with Crippen molar-refractivity contribution in [2.45, 2.75) is 13.8 Å². The van der Waals surface area contributed by atoms with Crippen LogP contribution < -0.4 is 10.5 Å². The third kappa shape index (κ3) is 2.15. The second-order valence-corrected chi connectivity index (χ2v) is 3.28. The van der Waals surface area contributed by atoms with Gasteiger partial charge in [0.2, 0.25) is 11.8 Å². The van der Waals surface area contributed by atoms with Gasteiger partial charge in [0.25, 0.3) is 0 Å². The molecule has 1 heterocycles. The zero-order valence-electron chi connectivity index (χ0n) is 9.13. The highest BCUT2D eigenvalue weighted by atomic mass is 16.5. The molecule has 0 fully saturated rings. The molecule has 0 aliphatic rings. The fourth-order valence-corrected chi connectivity index (χ4v) is 1.48. The van der Waals surface area contributed by atoms with E-state index in [0.717, 1.165) is 5.56 Å². The maximum Gasteiger partial charge on any atom is 0.248 e. The van der Waals surface area contributed by atoms with Crippen LogP contribution in [0.1, 0.15) is 16.8 Å². The Hall–Kier alpha value is -1.84. The van der Waals surface area contributed by atoms with Crippen LogP contribution in [-0.4, -0.2) is 18.0 Å². The molecule has 4 nitrogen and oxygen atoms in total. The number of pyridine rings is 1. The maximum atomic E-state index is 11.0. The number of carbonyl (C=O) groups excluding carboxylic acids is 1. The number of methoxy groups -OCH3 is 1. The Labute approximate surface area is 88.8 Å². The monoisotopic (exact) mass is 206 g/mol. The number of amides is 1. The molecule has 0 unspecified atom stereocenters. The first-order valence-electron chi connectivity index (χ1n) is 4.48. The number of ether oxygens (including phenoxy) is 1. The number of aryl methyl sites for hydroxylation is 2. The molecular weight excluding hydrogens is 192 g/mol. The summed E-state index contributed by atoms with van der Waals surface area (Å²) in [5, 5.41) is 0. The Morgan fingerprint density at radius 2 is 2.13 bits per heavy atom. The van der Waals surface area contributed by atoms with Crippen molar-refractivity contribution in [2.24, 2.45) is 5.73 Å². The first-order valence-corrected chi connectivity index (χ1v) is 4.48. The standard InChI is InChI=1S/C11H14N2O2/c1-6-5-9(15-4)13-8(3)10(6)7(2)11(12)14/h5H,2H2,1,3-4H3,(H2,12,14). The van der Waals surface area contributed by atoms with Gasteiger partial charge in [-0.25, -0.2) is 4.98 Å². The van der Waals surface area contributed by atoms with E-state index in [1.165, 1.54) is 0 Å². The van der Waals surface area contributed by atoms with Crippen molar-refractivity contribution >= 4 is 11.5 Å². The molecule has 4 heteroatoms. The summed E-state index contributed by atoms with van der Waals surface area (Å²) in [4.78, 5) is 15.2. The zero-order valence-corrected chi connectivity index (χ0v) is 9.13. The molecule has 80 valence electrons. The van der Waals surface area contributed by atoms with E-state index in [4.69, 9.17) is 10.5 Å². The summed E-state index contributed by atoms with van der Waals surface area (Å²) in [7, 11) is 1.55. The number of rotatable bonds is 3. The van der Waals surface area contributed by atoms with Gasteiger partial charge in [0.05, 0.1) is 7.11 Å². The topological polar surface area (TPSA) is 65.2 Å². The van der Waals surface area contributed by atoms with Gasteiger partial charge < -0.3 is 10.5 Å². The third-order valence-electron chi connectivity index (χ3n) is 2.18. The van der Waals surface area contributed by atoms with Gasteiger partial charge >= 0.3 is 0 Å². The number of nitrogens with two attached hydrogens (primary N) is 1. The number of carbonyl (C=O) groups is 1. The van der Waals surface area contributed by atoms with E-state index in [-0.39, 0.29) is 5.57 Å². The van der Waals surface area contributed by atoms with E-state index in [2.05, 4.69) is 11.6 Å². The van der Waals surface area contributed by atoms with Gasteiger partial charge in [0.15, 0.2) is 0 Å². The summed E-state index contributed by atoms with van der Waals surface area (Å²) in [6, 6.07) is 1.75. The smallest absolute Gasteiger partial charge is 0.248 e. The van der Waals surface area contributed by atoms with Crippen LogP contribution in [0.3, 0.4) is 0 Å². The largest absolute Gasteiger partial charge is 0.481 e. The highest BCUT2D eigenvalue weighted by molar-refractivity contribution is 6.18. The lowest BCUT2D eigenvalue weighted by atomic mass is 10.0. The molecule has 1 aromatic rings. The zero-order chi connectivity index (χ0) is 11.6. The fourth-order valence-electron chi connectivity index (χ4n) is 1.48. The second kappa shape index (κ2) is 4.13. The van der Waals surface area contributed by atoms with Gasteiger partial charge in [0, 0.05) is 22.9 Å². The summed E-state index contributed by atoms with van der Waals surface area (Å²) in [5.74, 6) is -0.0146. The molecule has 0 aliphatic heterocycles. The Kier molecular flexibility index (Phi) is 3.09. The lowest BCUT2D eigenvalue weighted by Gasteiger charge is -2.11. The molecule has 1 aromatic heterocycles. The van der Waals surface area contributed by atoms with Crippen LogP contribution in [0.4, 0.5) is 0 Å². The lowest BCUT2D eigenvalue weighted by molar-refractivity contribution is -0.112. The Bertz CT molecular complexity index is 402. The Balaban J connectivity index is 3.31. The molecule has 1 rings (SSSR count). The van der Waals surface area contributed by atoms with Gasteiger partial charge in [-0.1, -0.05) is 6.58 Å². The number of primary amides is 1. The number of hydrogen-bond acceptors (Lipinski definition) is 3. The van der Waals surface area contributed by atoms with Crippen LogP contribution in [0.25, 0.3) is 5.57 Å². The molecule has 0 radical (unpaired) electrons. The van der Waals surface area contributed by atoms with Crippen LogP contribution in [0.2, 0.25) is 0 Å². The molecular formula is C11H14N2O2. The number of hydrogen-bond donors (Lipinski definition) is 1. The predicted molar refractivity (Wildman–Crippen MR) is 58.5 cm³/mol. The highest BCUT2D eigenvalue weighted by Gasteiger charge is 2.13. The van der Waals surface area contributed by atoms with Crippen LogP contribution in [-0.2, 0) is 4.79 Å². The highest BCUT2D eigenvalue weighted by Crippen LogP contribution is 2.23. The molecule has 1 amide bonds. The maximum absolute atomic E-state index is 11.0. The summed E-state index contributed by atoms with van der Waals surface area (Å²) < 4.78 is 5.01. The van der Waals surface area contributed by atoms with E-state index in [1.54, 1.807) is 20.1 Å². The molecule has 0 spiro atoms. The summed E-state index contributed by atoms with van der Waals surface area (Å²) in [6.45, 7) is 7.30. The SMILES string of the molecule is C=C(C(N)=O)c1c(C)cc(OC)nc1C. The van der Waals surface area contributed by atoms with Gasteiger partial charge in [-0.15, -0.1) is 0 Å². The van der Waals surface area contributed by atoms with Crippen molar-refractivity contribution < 1.29 is 9.53 Å². The van der Waals surface area contributed by atoms with Crippen LogP contribution in [0.5, 0.6) is 5.88 Å². The normalized spacial score (nSPS) is 9.80. The quantitative estimate of drug-likeness (QED) is 0.756. The van der Waals surface area contributed by atoms with E-state index in [0.29, 0.717) is 17.1 Å². The van der Waals surface area contributed by atoms with E-state index in [1.807, 2.05) is 6.92 Å². The van der Waals surface area contributed by atoms with Gasteiger partial charge in [-0.2, -0.15) is 0 Å². The number of nitrogens with zero attached hydrogens (tertiary/aromatic N) is 1. The van der Waals surface area contributed by atoms with Gasteiger partial charge in [-0.05, 0) is 19.4 Å². The third-order valence-corrected chi connectivity index (χ3v) is 2.18. The average molecular weight is 206 g/mol. The second-order valence-electron chi connectivity index (χ2n) is 3.28. The molecule has 0 saturated heterocycles. The molecule has 15 heavy (non-hydrogen) atoms. The molecule has 0 aromatic carbocycles. The summed E-state index contributed by atoms with van der Waals surface area (Å²) in [5.41, 5.74) is 7.72. The molecule has 0 aliphatic carbocycles. The van der Waals surface area contributed by atoms with Crippen LogP contribution >= 0.6 is 0 Å². The summed E-state index contributed by atoms with van der Waals surface area (Å²) in [6.07, 6.45) is 0. The Morgan fingerprint density at radius 1 is 1.53 bits per heavy atom. The van der Waals surface area contributed by atoms with Crippen molar-refractivity contribution in [2.75, 3.05) is 7.11 Å². The minimum Gasteiger partial charge on any atom is -0.481 e. The lowest BCUT2D eigenvalue weighted by Crippen LogP contribution is -2.14. The van der Waals surface area contributed by atoms with Crippen molar-refractivity contribution in [3.05, 3.63) is 29.5 Å². The van der Waals surface area contributed by atoms with Crippen molar-refractivity contribution in [3.63, 3.8) is 0 Å². The molecule has 0 bridgehead atoms. The first kappa shape index (κ1) is 11.2. The number of aromatic nitrogens is 1. The van der Waals surface area contributed by atoms with E-state index in [9.17, 15) is 4.79 Å². The fraction of sp³-hybridized carbons (Fsp3) is 0.273. The van der Waals surface area contributed by atoms with Gasteiger partial charge in [-0.3, -0.25) is 4.79 Å². The van der Waals surface area contributed by atoms with Crippen LogP contribution in [0.15, 0.2) is 12.6 Å². The first-order chi connectivity index (χ1) is 6.97. The minimum atomic E-state index is -0.534. The average Bonchev–Trinajstić information content (AvgIpc) is 2.16. The van der Waals surface area contributed by atoms with Crippen molar-refractivity contribution in [3.8, 4) is 5.88 Å². The van der Waals surface area contributed by atoms with Crippen molar-refractivity contribution in [1.29, 1.82) is 0 Å². The molecule has 2 N–H and O–H groups in total. The summed E-state index contributed by atoms with van der Waals surface area (Å²) >= 11 is 0. The predicted octanol–water partition coefficient (Wildman–Crippen LogP) is 1.21. The minimum absolute atomic E-state index is 0.278. The molecule has 0 atom stereocenters. The molecule has 0 saturated carbocycles. The van der Waals surface area contributed by atoms with E-state index >= 15 is 0 Å².